The first-order valence-electron chi connectivity index (χ1n) is 9.84. The number of para-hydroxylation sites is 1. The predicted octanol–water partition coefficient (Wildman–Crippen LogP) is 5.69. The molecular formula is C24H19Cl2NO5S. The standard InChI is InChI=1S/C24H19Cl2NO5S/c1-31-18-7-3-6-15(23(18)32-2)20-19(21(28)13-8-9-16(25)17(26)11-13)22(29)24(30)27(20)12-14-5-4-10-33-14/h3-11,20,28H,12H2,1-2H3/b21-19+. The monoisotopic (exact) mass is 503 g/mol. The minimum absolute atomic E-state index is 0.0681. The molecule has 1 N–H and O–H groups in total. The maximum atomic E-state index is 13.2. The molecule has 1 aliphatic rings. The Balaban J connectivity index is 1.95. The van der Waals surface area contributed by atoms with Gasteiger partial charge in [0.2, 0.25) is 0 Å². The highest BCUT2D eigenvalue weighted by Gasteiger charge is 2.47. The summed E-state index contributed by atoms with van der Waals surface area (Å²) in [6.07, 6.45) is 0. The molecule has 4 rings (SSSR count). The van der Waals surface area contributed by atoms with E-state index in [1.807, 2.05) is 17.5 Å². The maximum absolute atomic E-state index is 13.2. The SMILES string of the molecule is COc1cccc(C2/C(=C(\O)c3ccc(Cl)c(Cl)c3)C(=O)C(=O)N2Cc2cccs2)c1OC. The Bertz CT molecular complexity index is 1260. The Hall–Kier alpha value is -3.00. The average Bonchev–Trinajstić information content (AvgIpc) is 3.42. The fraction of sp³-hybridized carbons (Fsp3) is 0.167. The molecule has 170 valence electrons. The summed E-state index contributed by atoms with van der Waals surface area (Å²) < 4.78 is 11.0. The largest absolute Gasteiger partial charge is 0.507 e. The van der Waals surface area contributed by atoms with E-state index in [0.29, 0.717) is 22.1 Å². The number of methoxy groups -OCH3 is 2. The number of likely N-dealkylation sites (tertiary alicyclic amines) is 1. The van der Waals surface area contributed by atoms with Gasteiger partial charge in [0.05, 0.1) is 42.4 Å². The third-order valence-electron chi connectivity index (χ3n) is 5.37. The number of rotatable bonds is 6. The summed E-state index contributed by atoms with van der Waals surface area (Å²) in [5.41, 5.74) is 0.709. The molecule has 1 aliphatic heterocycles. The smallest absolute Gasteiger partial charge is 0.295 e. The third-order valence-corrected chi connectivity index (χ3v) is 6.97. The normalized spacial score (nSPS) is 17.5. The number of carbonyl (C=O) groups excluding carboxylic acids is 2. The van der Waals surface area contributed by atoms with Crippen molar-refractivity contribution >= 4 is 52.0 Å². The molecule has 1 unspecified atom stereocenters. The Morgan fingerprint density at radius 1 is 1.06 bits per heavy atom. The van der Waals surface area contributed by atoms with Gasteiger partial charge in [-0.05, 0) is 35.7 Å². The molecule has 0 saturated carbocycles. The highest BCUT2D eigenvalue weighted by Crippen LogP contribution is 2.46. The van der Waals surface area contributed by atoms with Crippen LogP contribution in [0.5, 0.6) is 11.5 Å². The van der Waals surface area contributed by atoms with E-state index in [4.69, 9.17) is 32.7 Å². The third kappa shape index (κ3) is 4.19. The molecule has 1 atom stereocenters. The number of amides is 1. The summed E-state index contributed by atoms with van der Waals surface area (Å²) in [6.45, 7) is 0.186. The van der Waals surface area contributed by atoms with Gasteiger partial charge in [0, 0.05) is 16.0 Å². The van der Waals surface area contributed by atoms with Crippen LogP contribution in [0.2, 0.25) is 10.0 Å². The molecule has 1 fully saturated rings. The summed E-state index contributed by atoms with van der Waals surface area (Å²) >= 11 is 13.6. The van der Waals surface area contributed by atoms with Gasteiger partial charge < -0.3 is 19.5 Å². The number of halogens is 2. The van der Waals surface area contributed by atoms with Gasteiger partial charge in [-0.2, -0.15) is 0 Å². The number of aliphatic hydroxyl groups is 1. The minimum atomic E-state index is -0.911. The molecule has 1 aromatic heterocycles. The maximum Gasteiger partial charge on any atom is 0.295 e. The topological polar surface area (TPSA) is 76.1 Å². The van der Waals surface area contributed by atoms with E-state index in [2.05, 4.69) is 0 Å². The zero-order chi connectivity index (χ0) is 23.7. The van der Waals surface area contributed by atoms with Gasteiger partial charge in [0.25, 0.3) is 11.7 Å². The van der Waals surface area contributed by atoms with Gasteiger partial charge in [0.15, 0.2) is 11.5 Å². The number of benzene rings is 2. The van der Waals surface area contributed by atoms with Crippen LogP contribution in [0.15, 0.2) is 59.5 Å². The van der Waals surface area contributed by atoms with Crippen molar-refractivity contribution in [1.82, 2.24) is 4.90 Å². The molecule has 2 heterocycles. The highest BCUT2D eigenvalue weighted by atomic mass is 35.5. The molecule has 9 heteroatoms. The molecule has 6 nitrogen and oxygen atoms in total. The lowest BCUT2D eigenvalue weighted by Crippen LogP contribution is -2.29. The van der Waals surface area contributed by atoms with Crippen LogP contribution in [0.25, 0.3) is 5.76 Å². The van der Waals surface area contributed by atoms with Crippen LogP contribution in [0.4, 0.5) is 0 Å². The van der Waals surface area contributed by atoms with Crippen LogP contribution in [0, 0.1) is 0 Å². The van der Waals surface area contributed by atoms with Crippen LogP contribution in [-0.4, -0.2) is 35.9 Å². The van der Waals surface area contributed by atoms with Crippen LogP contribution in [0.1, 0.15) is 22.0 Å². The van der Waals surface area contributed by atoms with Crippen molar-refractivity contribution in [2.24, 2.45) is 0 Å². The van der Waals surface area contributed by atoms with Crippen LogP contribution in [-0.2, 0) is 16.1 Å². The summed E-state index contributed by atoms with van der Waals surface area (Å²) in [4.78, 5) is 28.7. The van der Waals surface area contributed by atoms with E-state index in [1.54, 1.807) is 18.2 Å². The number of ketones is 1. The second kappa shape index (κ2) is 9.47. The van der Waals surface area contributed by atoms with E-state index in [1.165, 1.54) is 48.7 Å². The summed E-state index contributed by atoms with van der Waals surface area (Å²) in [5, 5.41) is 13.6. The van der Waals surface area contributed by atoms with E-state index >= 15 is 0 Å². The fourth-order valence-electron chi connectivity index (χ4n) is 3.86. The molecule has 33 heavy (non-hydrogen) atoms. The lowest BCUT2D eigenvalue weighted by atomic mass is 9.94. The van der Waals surface area contributed by atoms with Crippen LogP contribution < -0.4 is 9.47 Å². The van der Waals surface area contributed by atoms with Crippen molar-refractivity contribution < 1.29 is 24.2 Å². The van der Waals surface area contributed by atoms with Crippen molar-refractivity contribution in [2.45, 2.75) is 12.6 Å². The number of Topliss-reactive ketones (excluding diaryl/α,β-unsaturated/α-hetero) is 1. The molecule has 2 aromatic carbocycles. The molecule has 0 bridgehead atoms. The summed E-state index contributed by atoms with van der Waals surface area (Å²) in [6, 6.07) is 12.5. The zero-order valence-corrected chi connectivity index (χ0v) is 20.0. The quantitative estimate of drug-likeness (QED) is 0.265. The lowest BCUT2D eigenvalue weighted by Gasteiger charge is -2.26. The number of hydrogen-bond donors (Lipinski definition) is 1. The first-order chi connectivity index (χ1) is 15.9. The van der Waals surface area contributed by atoms with Gasteiger partial charge >= 0.3 is 0 Å². The van der Waals surface area contributed by atoms with Gasteiger partial charge in [-0.25, -0.2) is 0 Å². The molecule has 3 aromatic rings. The summed E-state index contributed by atoms with van der Waals surface area (Å²) in [7, 11) is 2.98. The van der Waals surface area contributed by atoms with Gasteiger partial charge in [-0.3, -0.25) is 9.59 Å². The molecule has 1 saturated heterocycles. The van der Waals surface area contributed by atoms with E-state index in [-0.39, 0.29) is 28.5 Å². The first-order valence-corrected chi connectivity index (χ1v) is 11.5. The highest BCUT2D eigenvalue weighted by molar-refractivity contribution is 7.09. The minimum Gasteiger partial charge on any atom is -0.507 e. The summed E-state index contributed by atoms with van der Waals surface area (Å²) in [5.74, 6) is -1.07. The second-order valence-corrected chi connectivity index (χ2v) is 9.06. The van der Waals surface area contributed by atoms with Crippen LogP contribution >= 0.6 is 34.5 Å². The number of hydrogen-bond acceptors (Lipinski definition) is 6. The van der Waals surface area contributed by atoms with Crippen molar-refractivity contribution in [3.63, 3.8) is 0 Å². The van der Waals surface area contributed by atoms with Crippen molar-refractivity contribution in [3.05, 3.63) is 85.5 Å². The van der Waals surface area contributed by atoms with E-state index in [9.17, 15) is 14.7 Å². The number of thiophene rings is 1. The number of aliphatic hydroxyl groups excluding tert-OH is 1. The number of carbonyl (C=O) groups is 2. The molecule has 0 spiro atoms. The molecular weight excluding hydrogens is 485 g/mol. The van der Waals surface area contributed by atoms with Gasteiger partial charge in [-0.1, -0.05) is 41.4 Å². The van der Waals surface area contributed by atoms with Crippen molar-refractivity contribution in [3.8, 4) is 11.5 Å². The molecule has 1 amide bonds. The Labute approximate surface area is 204 Å². The average molecular weight is 504 g/mol. The van der Waals surface area contributed by atoms with Gasteiger partial charge in [-0.15, -0.1) is 11.3 Å². The Morgan fingerprint density at radius 3 is 2.48 bits per heavy atom. The van der Waals surface area contributed by atoms with E-state index < -0.39 is 17.7 Å². The number of nitrogens with zero attached hydrogens (tertiary/aromatic N) is 1. The van der Waals surface area contributed by atoms with Gasteiger partial charge in [0.1, 0.15) is 5.76 Å². The second-order valence-electron chi connectivity index (χ2n) is 7.22. The van der Waals surface area contributed by atoms with E-state index in [0.717, 1.165) is 4.88 Å². The first kappa shape index (κ1) is 23.2. The molecule has 0 radical (unpaired) electrons. The number of ether oxygens (including phenoxy) is 2. The zero-order valence-electron chi connectivity index (χ0n) is 17.7. The predicted molar refractivity (Wildman–Crippen MR) is 128 cm³/mol. The Morgan fingerprint density at radius 2 is 1.85 bits per heavy atom. The fourth-order valence-corrected chi connectivity index (χ4v) is 4.86. The molecule has 0 aliphatic carbocycles. The lowest BCUT2D eigenvalue weighted by molar-refractivity contribution is -0.140. The van der Waals surface area contributed by atoms with Crippen LogP contribution in [0.3, 0.4) is 0 Å². The van der Waals surface area contributed by atoms with Crippen molar-refractivity contribution in [2.75, 3.05) is 14.2 Å². The van der Waals surface area contributed by atoms with Crippen molar-refractivity contribution in [1.29, 1.82) is 0 Å². The Kier molecular flexibility index (Phi) is 6.65.